The van der Waals surface area contributed by atoms with E-state index in [9.17, 15) is 23.5 Å². The maximum absolute atomic E-state index is 14.6. The average molecular weight is 421 g/mol. The molecule has 2 aliphatic rings. The van der Waals surface area contributed by atoms with Gasteiger partial charge in [-0.3, -0.25) is 9.59 Å². The highest BCUT2D eigenvalue weighted by molar-refractivity contribution is 6.30. The zero-order valence-electron chi connectivity index (χ0n) is 15.5. The van der Waals surface area contributed by atoms with Gasteiger partial charge in [-0.15, -0.1) is 0 Å². The minimum Gasteiger partial charge on any atom is -0.380 e. The lowest BCUT2D eigenvalue weighted by Crippen LogP contribution is -2.53. The van der Waals surface area contributed by atoms with Gasteiger partial charge in [0.15, 0.2) is 0 Å². The summed E-state index contributed by atoms with van der Waals surface area (Å²) in [5, 5.41) is 10.2. The first-order chi connectivity index (χ1) is 13.8. The third-order valence-electron chi connectivity index (χ3n) is 5.42. The number of carbonyl (C=O) groups is 2. The number of rotatable bonds is 3. The molecule has 4 rings (SSSR count). The molecular formula is C21H19ClF2N2O3. The van der Waals surface area contributed by atoms with Crippen molar-refractivity contribution < 1.29 is 23.5 Å². The Hall–Kier alpha value is -2.51. The Morgan fingerprint density at radius 1 is 0.931 bits per heavy atom. The largest absolute Gasteiger partial charge is 0.380 e. The highest BCUT2D eigenvalue weighted by Crippen LogP contribution is 2.37. The SMILES string of the molecule is O=C(c1ccc(-c2ccc(Cl)cc2F)cc1F)N1CCN(C(=O)C2(O)CC2)CC1. The summed E-state index contributed by atoms with van der Waals surface area (Å²) in [7, 11) is 0. The molecule has 1 N–H and O–H groups in total. The molecule has 0 spiro atoms. The third kappa shape index (κ3) is 3.84. The summed E-state index contributed by atoms with van der Waals surface area (Å²) in [6, 6.07) is 8.07. The van der Waals surface area contributed by atoms with E-state index in [4.69, 9.17) is 11.6 Å². The van der Waals surface area contributed by atoms with Crippen LogP contribution in [0.15, 0.2) is 36.4 Å². The molecule has 0 bridgehead atoms. The first-order valence-corrected chi connectivity index (χ1v) is 9.72. The quantitative estimate of drug-likeness (QED) is 0.830. The fourth-order valence-corrected chi connectivity index (χ4v) is 3.65. The van der Waals surface area contributed by atoms with Gasteiger partial charge in [0.2, 0.25) is 0 Å². The van der Waals surface area contributed by atoms with Crippen molar-refractivity contribution in [2.45, 2.75) is 18.4 Å². The molecule has 2 amide bonds. The Bertz CT molecular complexity index is 986. The van der Waals surface area contributed by atoms with Crippen LogP contribution in [0.5, 0.6) is 0 Å². The monoisotopic (exact) mass is 420 g/mol. The molecule has 8 heteroatoms. The van der Waals surface area contributed by atoms with Crippen LogP contribution in [0.2, 0.25) is 5.02 Å². The average Bonchev–Trinajstić information content (AvgIpc) is 3.45. The molecule has 0 radical (unpaired) electrons. The molecule has 1 heterocycles. The summed E-state index contributed by atoms with van der Waals surface area (Å²) in [4.78, 5) is 27.9. The first kappa shape index (κ1) is 19.8. The maximum atomic E-state index is 14.6. The van der Waals surface area contributed by atoms with Gasteiger partial charge >= 0.3 is 0 Å². The zero-order valence-corrected chi connectivity index (χ0v) is 16.3. The summed E-state index contributed by atoms with van der Waals surface area (Å²) in [5.41, 5.74) is -0.840. The molecule has 1 saturated carbocycles. The van der Waals surface area contributed by atoms with E-state index in [1.807, 2.05) is 0 Å². The minimum atomic E-state index is -1.23. The van der Waals surface area contributed by atoms with Crippen LogP contribution in [-0.4, -0.2) is 58.5 Å². The smallest absolute Gasteiger partial charge is 0.256 e. The van der Waals surface area contributed by atoms with Crippen LogP contribution in [0.3, 0.4) is 0 Å². The van der Waals surface area contributed by atoms with Gasteiger partial charge in [0.05, 0.1) is 5.56 Å². The van der Waals surface area contributed by atoms with Crippen molar-refractivity contribution in [3.63, 3.8) is 0 Å². The van der Waals surface area contributed by atoms with Gasteiger partial charge < -0.3 is 14.9 Å². The molecule has 2 aromatic carbocycles. The lowest BCUT2D eigenvalue weighted by Gasteiger charge is -2.35. The number of aliphatic hydroxyl groups is 1. The van der Waals surface area contributed by atoms with E-state index < -0.39 is 23.1 Å². The van der Waals surface area contributed by atoms with E-state index >= 15 is 0 Å². The highest BCUT2D eigenvalue weighted by atomic mass is 35.5. The Morgan fingerprint density at radius 2 is 1.59 bits per heavy atom. The van der Waals surface area contributed by atoms with Crippen LogP contribution in [0.25, 0.3) is 11.1 Å². The summed E-state index contributed by atoms with van der Waals surface area (Å²) in [6.07, 6.45) is 0.938. The second-order valence-electron chi connectivity index (χ2n) is 7.43. The number of hydrogen-bond donors (Lipinski definition) is 1. The molecule has 5 nitrogen and oxygen atoms in total. The van der Waals surface area contributed by atoms with Crippen molar-refractivity contribution >= 4 is 23.4 Å². The fraction of sp³-hybridized carbons (Fsp3) is 0.333. The van der Waals surface area contributed by atoms with Gasteiger partial charge in [0, 0.05) is 36.8 Å². The van der Waals surface area contributed by atoms with Crippen molar-refractivity contribution in [1.82, 2.24) is 9.80 Å². The van der Waals surface area contributed by atoms with E-state index in [1.54, 1.807) is 4.90 Å². The highest BCUT2D eigenvalue weighted by Gasteiger charge is 2.50. The van der Waals surface area contributed by atoms with E-state index in [1.165, 1.54) is 29.2 Å². The van der Waals surface area contributed by atoms with Crippen molar-refractivity contribution in [3.8, 4) is 11.1 Å². The number of halogens is 3. The standard InChI is InChI=1S/C21H19ClF2N2O3/c22-14-2-4-15(18(24)12-14)13-1-3-16(17(23)11-13)19(27)25-7-9-26(10-8-25)20(28)21(29)5-6-21/h1-4,11-12,29H,5-10H2. The zero-order chi connectivity index (χ0) is 20.8. The molecule has 152 valence electrons. The normalized spacial score (nSPS) is 17.9. The minimum absolute atomic E-state index is 0.108. The number of benzene rings is 2. The van der Waals surface area contributed by atoms with Crippen LogP contribution >= 0.6 is 11.6 Å². The molecule has 0 unspecified atom stereocenters. The topological polar surface area (TPSA) is 60.9 Å². The second-order valence-corrected chi connectivity index (χ2v) is 7.87. The van der Waals surface area contributed by atoms with Crippen LogP contribution < -0.4 is 0 Å². The summed E-state index contributed by atoms with van der Waals surface area (Å²) >= 11 is 5.74. The first-order valence-electron chi connectivity index (χ1n) is 9.34. The van der Waals surface area contributed by atoms with E-state index in [-0.39, 0.29) is 35.1 Å². The molecular weight excluding hydrogens is 402 g/mol. The van der Waals surface area contributed by atoms with Crippen LogP contribution in [0.4, 0.5) is 8.78 Å². The number of piperazine rings is 1. The maximum Gasteiger partial charge on any atom is 0.256 e. The van der Waals surface area contributed by atoms with E-state index in [0.29, 0.717) is 31.5 Å². The molecule has 1 aliphatic carbocycles. The van der Waals surface area contributed by atoms with Gasteiger partial charge in [-0.25, -0.2) is 8.78 Å². The summed E-state index contributed by atoms with van der Waals surface area (Å²) in [5.74, 6) is -2.10. The van der Waals surface area contributed by atoms with E-state index in [2.05, 4.69) is 0 Å². The predicted molar refractivity (Wildman–Crippen MR) is 103 cm³/mol. The molecule has 0 atom stereocenters. The molecule has 2 fully saturated rings. The molecule has 29 heavy (non-hydrogen) atoms. The molecule has 0 aromatic heterocycles. The van der Waals surface area contributed by atoms with E-state index in [0.717, 1.165) is 12.1 Å². The Morgan fingerprint density at radius 3 is 2.17 bits per heavy atom. The lowest BCUT2D eigenvalue weighted by molar-refractivity contribution is -0.143. The van der Waals surface area contributed by atoms with Crippen molar-refractivity contribution in [2.24, 2.45) is 0 Å². The number of nitrogens with zero attached hydrogens (tertiary/aromatic N) is 2. The Kier molecular flexibility index (Phi) is 5.04. The van der Waals surface area contributed by atoms with Gasteiger partial charge in [0.1, 0.15) is 17.2 Å². The summed E-state index contributed by atoms with van der Waals surface area (Å²) < 4.78 is 28.7. The number of amides is 2. The predicted octanol–water partition coefficient (Wildman–Crippen LogP) is 3.09. The van der Waals surface area contributed by atoms with Gasteiger partial charge in [-0.2, -0.15) is 0 Å². The lowest BCUT2D eigenvalue weighted by atomic mass is 10.0. The number of hydrogen-bond acceptors (Lipinski definition) is 3. The summed E-state index contributed by atoms with van der Waals surface area (Å²) in [6.45, 7) is 1.10. The van der Waals surface area contributed by atoms with Crippen molar-refractivity contribution in [2.75, 3.05) is 26.2 Å². The number of carbonyl (C=O) groups excluding carboxylic acids is 2. The third-order valence-corrected chi connectivity index (χ3v) is 5.65. The van der Waals surface area contributed by atoms with Crippen LogP contribution in [-0.2, 0) is 4.79 Å². The Labute approximate surface area is 171 Å². The van der Waals surface area contributed by atoms with Crippen LogP contribution in [0.1, 0.15) is 23.2 Å². The van der Waals surface area contributed by atoms with Crippen molar-refractivity contribution in [3.05, 3.63) is 58.6 Å². The molecule has 2 aromatic rings. The van der Waals surface area contributed by atoms with Crippen LogP contribution in [0, 0.1) is 11.6 Å². The molecule has 1 aliphatic heterocycles. The van der Waals surface area contributed by atoms with Gasteiger partial charge in [0.25, 0.3) is 11.8 Å². The van der Waals surface area contributed by atoms with Gasteiger partial charge in [-0.05, 0) is 48.7 Å². The second kappa shape index (κ2) is 7.39. The fourth-order valence-electron chi connectivity index (χ4n) is 3.49. The Balaban J connectivity index is 1.46. The molecule has 1 saturated heterocycles. The van der Waals surface area contributed by atoms with Gasteiger partial charge in [-0.1, -0.05) is 17.7 Å². The van der Waals surface area contributed by atoms with Crippen molar-refractivity contribution in [1.29, 1.82) is 0 Å².